The number of carbonyl (C=O) groups excluding carboxylic acids is 1. The molecular weight excluding hydrogens is 390 g/mol. The number of hydrogen-bond donors (Lipinski definition) is 1. The van der Waals surface area contributed by atoms with Crippen molar-refractivity contribution < 1.29 is 14.3 Å². The van der Waals surface area contributed by atoms with Crippen molar-refractivity contribution in [2.45, 2.75) is 26.5 Å². The van der Waals surface area contributed by atoms with Crippen LogP contribution in [0.15, 0.2) is 48.5 Å². The molecule has 0 saturated heterocycles. The lowest BCUT2D eigenvalue weighted by atomic mass is 10.1. The van der Waals surface area contributed by atoms with E-state index in [4.69, 9.17) is 21.1 Å². The molecule has 1 atom stereocenters. The minimum Gasteiger partial charge on any atom is -0.486 e. The van der Waals surface area contributed by atoms with Crippen molar-refractivity contribution in [2.24, 2.45) is 0 Å². The summed E-state index contributed by atoms with van der Waals surface area (Å²) in [5.74, 6) is 1.12. The molecule has 0 fully saturated rings. The van der Waals surface area contributed by atoms with Gasteiger partial charge in [0.05, 0.1) is 24.3 Å². The van der Waals surface area contributed by atoms with Crippen LogP contribution in [0.2, 0.25) is 5.15 Å². The van der Waals surface area contributed by atoms with E-state index >= 15 is 0 Å². The van der Waals surface area contributed by atoms with E-state index in [1.165, 1.54) is 5.56 Å². The Morgan fingerprint density at radius 1 is 1.17 bits per heavy atom. The van der Waals surface area contributed by atoms with Crippen molar-refractivity contribution in [3.8, 4) is 11.5 Å². The number of hydrogen-bond acceptors (Lipinski definition) is 4. The van der Waals surface area contributed by atoms with E-state index in [-0.39, 0.29) is 12.0 Å². The van der Waals surface area contributed by atoms with E-state index in [1.54, 1.807) is 11.6 Å². The lowest BCUT2D eigenvalue weighted by Gasteiger charge is -2.26. The van der Waals surface area contributed by atoms with Crippen molar-refractivity contribution in [1.29, 1.82) is 0 Å². The molecule has 1 N–H and O–H groups in total. The van der Waals surface area contributed by atoms with Crippen LogP contribution in [0.4, 0.5) is 0 Å². The number of aromatic nitrogens is 2. The Balaban J connectivity index is 1.41. The summed E-state index contributed by atoms with van der Waals surface area (Å²) in [6, 6.07) is 15.6. The highest BCUT2D eigenvalue weighted by Crippen LogP contribution is 2.30. The third-order valence-corrected chi connectivity index (χ3v) is 5.19. The predicted octanol–water partition coefficient (Wildman–Crippen LogP) is 3.77. The van der Waals surface area contributed by atoms with Gasteiger partial charge in [0.15, 0.2) is 11.5 Å². The second-order valence-electron chi connectivity index (χ2n) is 7.10. The first-order valence-corrected chi connectivity index (χ1v) is 9.84. The Labute approximate surface area is 174 Å². The standard InChI is InChI=1S/C22H22ClN3O3/c1-14-7-9-16(10-8-14)12-26-21(23)20(15(2)25-26)22(27)24-11-17-13-28-18-5-3-4-6-19(18)29-17/h3-10,17H,11-13H2,1-2H3,(H,24,27)/t17-/m1/s1. The molecule has 0 bridgehead atoms. The molecule has 7 heteroatoms. The van der Waals surface area contributed by atoms with Crippen LogP contribution in [0, 0.1) is 13.8 Å². The SMILES string of the molecule is Cc1ccc(Cn2nc(C)c(C(=O)NC[C@@H]3COc4ccccc4O3)c2Cl)cc1. The number of benzene rings is 2. The lowest BCUT2D eigenvalue weighted by Crippen LogP contribution is -2.40. The van der Waals surface area contributed by atoms with E-state index in [2.05, 4.69) is 10.4 Å². The molecule has 0 aliphatic carbocycles. The quantitative estimate of drug-likeness (QED) is 0.694. The third-order valence-electron chi connectivity index (χ3n) is 4.80. The minimum absolute atomic E-state index is 0.268. The number of carbonyl (C=O) groups is 1. The van der Waals surface area contributed by atoms with Gasteiger partial charge in [-0.1, -0.05) is 53.6 Å². The second-order valence-corrected chi connectivity index (χ2v) is 7.46. The maximum atomic E-state index is 12.7. The van der Waals surface area contributed by atoms with Crippen LogP contribution < -0.4 is 14.8 Å². The molecular formula is C22H22ClN3O3. The number of amides is 1. The van der Waals surface area contributed by atoms with Gasteiger partial charge in [-0.2, -0.15) is 5.10 Å². The molecule has 150 valence electrons. The number of nitrogens with one attached hydrogen (secondary N) is 1. The van der Waals surface area contributed by atoms with E-state index < -0.39 is 0 Å². The molecule has 1 amide bonds. The van der Waals surface area contributed by atoms with Crippen LogP contribution in [0.1, 0.15) is 27.2 Å². The van der Waals surface area contributed by atoms with Crippen LogP contribution in [0.5, 0.6) is 11.5 Å². The number of rotatable bonds is 5. The van der Waals surface area contributed by atoms with Gasteiger partial charge in [0.1, 0.15) is 17.9 Å². The molecule has 1 aliphatic heterocycles. The molecule has 0 saturated carbocycles. The van der Waals surface area contributed by atoms with Crippen molar-refractivity contribution in [2.75, 3.05) is 13.2 Å². The third kappa shape index (κ3) is 4.22. The van der Waals surface area contributed by atoms with E-state index in [0.717, 1.165) is 5.56 Å². The Morgan fingerprint density at radius 3 is 2.66 bits per heavy atom. The minimum atomic E-state index is -0.273. The molecule has 2 heterocycles. The van der Waals surface area contributed by atoms with Gasteiger partial charge in [-0.15, -0.1) is 0 Å². The Hall–Kier alpha value is -2.99. The van der Waals surface area contributed by atoms with Gasteiger partial charge < -0.3 is 14.8 Å². The lowest BCUT2D eigenvalue weighted by molar-refractivity contribution is 0.0789. The first-order chi connectivity index (χ1) is 14.0. The molecule has 1 aromatic heterocycles. The zero-order chi connectivity index (χ0) is 20.4. The normalized spacial score (nSPS) is 15.2. The highest BCUT2D eigenvalue weighted by atomic mass is 35.5. The van der Waals surface area contributed by atoms with Gasteiger partial charge in [0.25, 0.3) is 5.91 Å². The summed E-state index contributed by atoms with van der Waals surface area (Å²) in [6.07, 6.45) is -0.268. The zero-order valence-electron chi connectivity index (χ0n) is 16.3. The largest absolute Gasteiger partial charge is 0.486 e. The summed E-state index contributed by atoms with van der Waals surface area (Å²) in [5, 5.41) is 7.65. The predicted molar refractivity (Wildman–Crippen MR) is 111 cm³/mol. The van der Waals surface area contributed by atoms with Crippen molar-refractivity contribution in [3.63, 3.8) is 0 Å². The second kappa shape index (κ2) is 8.17. The van der Waals surface area contributed by atoms with Crippen molar-refractivity contribution >= 4 is 17.5 Å². The molecule has 0 spiro atoms. The van der Waals surface area contributed by atoms with Gasteiger partial charge in [-0.3, -0.25) is 4.79 Å². The first-order valence-electron chi connectivity index (χ1n) is 9.46. The van der Waals surface area contributed by atoms with Gasteiger partial charge in [-0.05, 0) is 31.5 Å². The average molecular weight is 412 g/mol. The van der Waals surface area contributed by atoms with Crippen LogP contribution in [0.25, 0.3) is 0 Å². The zero-order valence-corrected chi connectivity index (χ0v) is 17.1. The highest BCUT2D eigenvalue weighted by Gasteiger charge is 2.24. The van der Waals surface area contributed by atoms with Gasteiger partial charge in [-0.25, -0.2) is 4.68 Å². The van der Waals surface area contributed by atoms with Gasteiger partial charge in [0, 0.05) is 0 Å². The molecule has 0 radical (unpaired) electrons. The van der Waals surface area contributed by atoms with E-state index in [9.17, 15) is 4.79 Å². The number of ether oxygens (including phenoxy) is 2. The molecule has 29 heavy (non-hydrogen) atoms. The Kier molecular flexibility index (Phi) is 5.45. The fourth-order valence-corrected chi connectivity index (χ4v) is 3.56. The maximum absolute atomic E-state index is 12.7. The van der Waals surface area contributed by atoms with Crippen LogP contribution in [-0.2, 0) is 6.54 Å². The molecule has 1 aliphatic rings. The van der Waals surface area contributed by atoms with Gasteiger partial charge >= 0.3 is 0 Å². The molecule has 4 rings (SSSR count). The molecule has 0 unspecified atom stereocenters. The summed E-state index contributed by atoms with van der Waals surface area (Å²) < 4.78 is 13.2. The summed E-state index contributed by atoms with van der Waals surface area (Å²) >= 11 is 6.48. The maximum Gasteiger partial charge on any atom is 0.256 e. The highest BCUT2D eigenvalue weighted by molar-refractivity contribution is 6.33. The summed E-state index contributed by atoms with van der Waals surface area (Å²) in [6.45, 7) is 5.01. The number of aryl methyl sites for hydroxylation is 2. The fourth-order valence-electron chi connectivity index (χ4n) is 3.24. The van der Waals surface area contributed by atoms with Crippen molar-refractivity contribution in [3.05, 3.63) is 76.1 Å². The van der Waals surface area contributed by atoms with Crippen LogP contribution in [0.3, 0.4) is 0 Å². The smallest absolute Gasteiger partial charge is 0.256 e. The van der Waals surface area contributed by atoms with E-state index in [0.29, 0.717) is 47.6 Å². The monoisotopic (exact) mass is 411 g/mol. The number of fused-ring (bicyclic) bond motifs is 1. The summed E-state index contributed by atoms with van der Waals surface area (Å²) in [4.78, 5) is 12.7. The van der Waals surface area contributed by atoms with E-state index in [1.807, 2.05) is 55.5 Å². The summed E-state index contributed by atoms with van der Waals surface area (Å²) in [7, 11) is 0. The Bertz CT molecular complexity index is 1030. The molecule has 3 aromatic rings. The van der Waals surface area contributed by atoms with Crippen LogP contribution >= 0.6 is 11.6 Å². The molecule has 6 nitrogen and oxygen atoms in total. The van der Waals surface area contributed by atoms with Crippen molar-refractivity contribution in [1.82, 2.24) is 15.1 Å². The van der Waals surface area contributed by atoms with Gasteiger partial charge in [0.2, 0.25) is 0 Å². The fraction of sp³-hybridized carbons (Fsp3) is 0.273. The average Bonchev–Trinajstić information content (AvgIpc) is 3.00. The number of nitrogens with zero attached hydrogens (tertiary/aromatic N) is 2. The number of halogens is 1. The van der Waals surface area contributed by atoms with Crippen LogP contribution in [-0.4, -0.2) is 34.9 Å². The topological polar surface area (TPSA) is 65.4 Å². The molecule has 2 aromatic carbocycles. The Morgan fingerprint density at radius 2 is 1.90 bits per heavy atom. The first kappa shape index (κ1) is 19.3. The number of para-hydroxylation sites is 2. The summed E-state index contributed by atoms with van der Waals surface area (Å²) in [5.41, 5.74) is 3.23.